The molecule has 0 spiro atoms. The molecule has 0 saturated carbocycles. The maximum Gasteiger partial charge on any atom is 0.277 e. The zero-order valence-corrected chi connectivity index (χ0v) is 14.3. The van der Waals surface area contributed by atoms with Crippen LogP contribution in [-0.4, -0.2) is 33.2 Å². The first kappa shape index (κ1) is 16.9. The van der Waals surface area contributed by atoms with E-state index in [0.29, 0.717) is 23.0 Å². The van der Waals surface area contributed by atoms with E-state index in [9.17, 15) is 4.79 Å². The lowest BCUT2D eigenvalue weighted by Gasteiger charge is -2.07. The summed E-state index contributed by atoms with van der Waals surface area (Å²) < 4.78 is 7.08. The van der Waals surface area contributed by atoms with Gasteiger partial charge in [0.15, 0.2) is 6.61 Å². The van der Waals surface area contributed by atoms with E-state index in [0.717, 1.165) is 11.0 Å². The topological polar surface area (TPSA) is 81.4 Å². The first-order chi connectivity index (χ1) is 12.1. The number of nitrogens with one attached hydrogen (secondary N) is 1. The van der Waals surface area contributed by atoms with E-state index in [4.69, 9.17) is 16.3 Å². The van der Waals surface area contributed by atoms with Crippen LogP contribution in [0.1, 0.15) is 6.92 Å². The van der Waals surface area contributed by atoms with Gasteiger partial charge < -0.3 is 4.74 Å². The fourth-order valence-electron chi connectivity index (χ4n) is 2.18. The predicted octanol–water partition coefficient (Wildman–Crippen LogP) is 2.66. The molecule has 1 aromatic heterocycles. The van der Waals surface area contributed by atoms with Gasteiger partial charge in [0.05, 0.1) is 22.8 Å². The Morgan fingerprint density at radius 2 is 2.00 bits per heavy atom. The molecule has 128 valence electrons. The monoisotopic (exact) mass is 357 g/mol. The predicted molar refractivity (Wildman–Crippen MR) is 95.7 cm³/mol. The molecule has 25 heavy (non-hydrogen) atoms. The van der Waals surface area contributed by atoms with Crippen molar-refractivity contribution in [3.8, 4) is 5.75 Å². The lowest BCUT2D eigenvalue weighted by atomic mass is 10.3. The van der Waals surface area contributed by atoms with Crippen LogP contribution < -0.4 is 10.2 Å². The SMILES string of the molecule is C/C(Cn1nnc2ccccc21)=N\NC(=O)COc1ccccc1Cl. The minimum Gasteiger partial charge on any atom is -0.482 e. The van der Waals surface area contributed by atoms with Crippen LogP contribution in [-0.2, 0) is 11.3 Å². The van der Waals surface area contributed by atoms with Gasteiger partial charge in [0.2, 0.25) is 0 Å². The van der Waals surface area contributed by atoms with Gasteiger partial charge in [-0.05, 0) is 31.2 Å². The largest absolute Gasteiger partial charge is 0.482 e. The molecule has 0 radical (unpaired) electrons. The zero-order valence-electron chi connectivity index (χ0n) is 13.5. The molecule has 3 aromatic rings. The third-order valence-electron chi connectivity index (χ3n) is 3.37. The third-order valence-corrected chi connectivity index (χ3v) is 3.68. The van der Waals surface area contributed by atoms with Crippen molar-refractivity contribution in [2.24, 2.45) is 5.10 Å². The van der Waals surface area contributed by atoms with Gasteiger partial charge in [-0.15, -0.1) is 5.10 Å². The molecule has 1 amide bonds. The second-order valence-corrected chi connectivity index (χ2v) is 5.74. The van der Waals surface area contributed by atoms with E-state index >= 15 is 0 Å². The Morgan fingerprint density at radius 3 is 2.84 bits per heavy atom. The molecule has 0 bridgehead atoms. The molecule has 0 atom stereocenters. The van der Waals surface area contributed by atoms with Crippen molar-refractivity contribution in [2.75, 3.05) is 6.61 Å². The average molecular weight is 358 g/mol. The molecular weight excluding hydrogens is 342 g/mol. The number of benzene rings is 2. The van der Waals surface area contributed by atoms with E-state index in [2.05, 4.69) is 20.8 Å². The average Bonchev–Trinajstić information content (AvgIpc) is 3.02. The second-order valence-electron chi connectivity index (χ2n) is 5.34. The summed E-state index contributed by atoms with van der Waals surface area (Å²) in [4.78, 5) is 11.8. The summed E-state index contributed by atoms with van der Waals surface area (Å²) in [7, 11) is 0. The highest BCUT2D eigenvalue weighted by Gasteiger charge is 2.06. The molecule has 2 aromatic carbocycles. The van der Waals surface area contributed by atoms with Crippen molar-refractivity contribution in [1.82, 2.24) is 20.4 Å². The number of hydrazone groups is 1. The number of carbonyl (C=O) groups is 1. The number of carbonyl (C=O) groups excluding carboxylic acids is 1. The number of ether oxygens (including phenoxy) is 1. The first-order valence-corrected chi connectivity index (χ1v) is 7.99. The highest BCUT2D eigenvalue weighted by molar-refractivity contribution is 6.32. The van der Waals surface area contributed by atoms with Crippen LogP contribution in [0.25, 0.3) is 11.0 Å². The lowest BCUT2D eigenvalue weighted by Crippen LogP contribution is -2.26. The van der Waals surface area contributed by atoms with E-state index < -0.39 is 0 Å². The van der Waals surface area contributed by atoms with Gasteiger partial charge in [-0.2, -0.15) is 5.10 Å². The maximum absolute atomic E-state index is 11.8. The Balaban J connectivity index is 1.54. The fraction of sp³-hybridized carbons (Fsp3) is 0.176. The van der Waals surface area contributed by atoms with Gasteiger partial charge in [-0.25, -0.2) is 10.1 Å². The number of aromatic nitrogens is 3. The van der Waals surface area contributed by atoms with Crippen LogP contribution in [0.5, 0.6) is 5.75 Å². The Bertz CT molecular complexity index is 922. The van der Waals surface area contributed by atoms with E-state index in [-0.39, 0.29) is 12.5 Å². The van der Waals surface area contributed by atoms with E-state index in [1.807, 2.05) is 24.3 Å². The Kier molecular flexibility index (Phi) is 5.25. The Morgan fingerprint density at radius 1 is 1.24 bits per heavy atom. The summed E-state index contributed by atoms with van der Waals surface area (Å²) in [6, 6.07) is 14.6. The van der Waals surface area contributed by atoms with Crippen molar-refractivity contribution in [1.29, 1.82) is 0 Å². The van der Waals surface area contributed by atoms with Crippen LogP contribution in [0.4, 0.5) is 0 Å². The Hall–Kier alpha value is -2.93. The molecule has 0 saturated heterocycles. The van der Waals surface area contributed by atoms with Gasteiger partial charge in [-0.3, -0.25) is 4.79 Å². The molecule has 1 heterocycles. The van der Waals surface area contributed by atoms with Gasteiger partial charge in [-0.1, -0.05) is 41.1 Å². The molecule has 7 nitrogen and oxygen atoms in total. The molecule has 0 aliphatic heterocycles. The molecule has 8 heteroatoms. The number of amides is 1. The third kappa shape index (κ3) is 4.33. The molecule has 0 fully saturated rings. The fourth-order valence-corrected chi connectivity index (χ4v) is 2.37. The number of hydrogen-bond acceptors (Lipinski definition) is 5. The van der Waals surface area contributed by atoms with Crippen LogP contribution in [0.3, 0.4) is 0 Å². The maximum atomic E-state index is 11.8. The first-order valence-electron chi connectivity index (χ1n) is 7.61. The quantitative estimate of drug-likeness (QED) is 0.543. The number of fused-ring (bicyclic) bond motifs is 1. The van der Waals surface area contributed by atoms with Gasteiger partial charge in [0.25, 0.3) is 5.91 Å². The number of halogens is 1. The normalized spacial score (nSPS) is 11.5. The molecule has 3 rings (SSSR count). The summed E-state index contributed by atoms with van der Waals surface area (Å²) in [6.45, 7) is 2.05. The van der Waals surface area contributed by atoms with Crippen LogP contribution >= 0.6 is 11.6 Å². The number of hydrogen-bond donors (Lipinski definition) is 1. The summed E-state index contributed by atoms with van der Waals surface area (Å²) in [6.07, 6.45) is 0. The molecule has 0 aliphatic rings. The summed E-state index contributed by atoms with van der Waals surface area (Å²) in [5.74, 6) is 0.0804. The van der Waals surface area contributed by atoms with Crippen LogP contribution in [0.2, 0.25) is 5.02 Å². The molecule has 0 unspecified atom stereocenters. The molecule has 1 N–H and O–H groups in total. The van der Waals surface area contributed by atoms with Crippen molar-refractivity contribution >= 4 is 34.3 Å². The van der Waals surface area contributed by atoms with Crippen molar-refractivity contribution in [2.45, 2.75) is 13.5 Å². The molecule has 0 aliphatic carbocycles. The Labute approximate surface area is 149 Å². The van der Waals surface area contributed by atoms with Crippen molar-refractivity contribution in [3.05, 3.63) is 53.6 Å². The van der Waals surface area contributed by atoms with Crippen LogP contribution in [0, 0.1) is 0 Å². The standard InChI is InChI=1S/C17H16ClN5O2/c1-12(10-23-15-8-4-3-7-14(15)20-22-23)19-21-17(24)11-25-16-9-5-2-6-13(16)18/h2-9H,10-11H2,1H3,(H,21,24)/b19-12+. The van der Waals surface area contributed by atoms with Crippen LogP contribution in [0.15, 0.2) is 53.6 Å². The minimum atomic E-state index is -0.372. The van der Waals surface area contributed by atoms with Crippen molar-refractivity contribution < 1.29 is 9.53 Å². The highest BCUT2D eigenvalue weighted by Crippen LogP contribution is 2.22. The number of rotatable bonds is 6. The van der Waals surface area contributed by atoms with Gasteiger partial charge in [0, 0.05) is 0 Å². The van der Waals surface area contributed by atoms with E-state index in [1.54, 1.807) is 35.9 Å². The van der Waals surface area contributed by atoms with Crippen molar-refractivity contribution in [3.63, 3.8) is 0 Å². The summed E-state index contributed by atoms with van der Waals surface area (Å²) in [5.41, 5.74) is 4.85. The number of nitrogens with zero attached hydrogens (tertiary/aromatic N) is 4. The second kappa shape index (κ2) is 7.76. The van der Waals surface area contributed by atoms with Gasteiger partial charge >= 0.3 is 0 Å². The summed E-state index contributed by atoms with van der Waals surface area (Å²) in [5, 5.41) is 12.7. The highest BCUT2D eigenvalue weighted by atomic mass is 35.5. The zero-order chi connectivity index (χ0) is 17.6. The lowest BCUT2D eigenvalue weighted by molar-refractivity contribution is -0.123. The van der Waals surface area contributed by atoms with E-state index in [1.165, 1.54) is 0 Å². The molecular formula is C17H16ClN5O2. The van der Waals surface area contributed by atoms with Gasteiger partial charge in [0.1, 0.15) is 11.3 Å². The minimum absolute atomic E-state index is 0.174. The smallest absolute Gasteiger partial charge is 0.277 e. The number of para-hydroxylation sites is 2. The summed E-state index contributed by atoms with van der Waals surface area (Å²) >= 11 is 5.96.